The van der Waals surface area contributed by atoms with Gasteiger partial charge in [-0.1, -0.05) is 19.3 Å². The molecule has 0 unspecified atom stereocenters. The number of ether oxygens (including phenoxy) is 2. The third kappa shape index (κ3) is 6.12. The Hall–Kier alpha value is -2.35. The molecule has 4 rings (SSSR count). The second-order valence-corrected chi connectivity index (χ2v) is 9.31. The van der Waals surface area contributed by atoms with Gasteiger partial charge in [-0.05, 0) is 43.7 Å². The van der Waals surface area contributed by atoms with Crippen molar-refractivity contribution >= 4 is 17.7 Å². The maximum Gasteiger partial charge on any atom is 0.303 e. The van der Waals surface area contributed by atoms with Gasteiger partial charge in [-0.3, -0.25) is 9.59 Å². The number of hydrogen-bond acceptors (Lipinski definition) is 6. The second kappa shape index (κ2) is 11.0. The predicted octanol–water partition coefficient (Wildman–Crippen LogP) is 3.39. The molecule has 3 heterocycles. The van der Waals surface area contributed by atoms with Crippen LogP contribution in [0.3, 0.4) is 0 Å². The van der Waals surface area contributed by atoms with Crippen LogP contribution in [0.25, 0.3) is 0 Å². The fourth-order valence-corrected chi connectivity index (χ4v) is 5.02. The number of carboxylic acids is 1. The molecule has 1 aliphatic carbocycles. The number of aliphatic carboxylic acids is 1. The Labute approximate surface area is 189 Å². The Balaban J connectivity index is 1.52. The van der Waals surface area contributed by atoms with Crippen LogP contribution >= 0.6 is 0 Å². The van der Waals surface area contributed by atoms with Crippen molar-refractivity contribution in [1.29, 1.82) is 0 Å². The Morgan fingerprint density at radius 1 is 1.09 bits per heavy atom. The Bertz CT molecular complexity index is 790. The maximum absolute atomic E-state index is 13.1. The van der Waals surface area contributed by atoms with E-state index in [0.29, 0.717) is 31.2 Å². The van der Waals surface area contributed by atoms with Crippen molar-refractivity contribution in [2.45, 2.75) is 76.4 Å². The van der Waals surface area contributed by atoms with Crippen LogP contribution in [0.4, 0.5) is 5.82 Å². The minimum absolute atomic E-state index is 0.0196. The van der Waals surface area contributed by atoms with Crippen molar-refractivity contribution < 1.29 is 24.2 Å². The lowest BCUT2D eigenvalue weighted by atomic mass is 9.95. The number of nitrogens with one attached hydrogen (secondary N) is 1. The van der Waals surface area contributed by atoms with Gasteiger partial charge in [-0.2, -0.15) is 4.98 Å². The highest BCUT2D eigenvalue weighted by molar-refractivity contribution is 5.96. The van der Waals surface area contributed by atoms with E-state index in [0.717, 1.165) is 63.7 Å². The van der Waals surface area contributed by atoms with Gasteiger partial charge >= 0.3 is 5.97 Å². The van der Waals surface area contributed by atoms with Gasteiger partial charge < -0.3 is 24.8 Å². The summed E-state index contributed by atoms with van der Waals surface area (Å²) >= 11 is 0. The molecule has 3 fully saturated rings. The second-order valence-electron chi connectivity index (χ2n) is 9.31. The average molecular weight is 446 g/mol. The van der Waals surface area contributed by atoms with E-state index in [-0.39, 0.29) is 30.4 Å². The summed E-state index contributed by atoms with van der Waals surface area (Å²) in [6.45, 7) is 2.78. The summed E-state index contributed by atoms with van der Waals surface area (Å²) in [4.78, 5) is 31.2. The number of rotatable bonds is 7. The van der Waals surface area contributed by atoms with Crippen molar-refractivity contribution in [2.75, 3.05) is 31.2 Å². The molecule has 3 aliphatic rings. The van der Waals surface area contributed by atoms with Gasteiger partial charge in [0.25, 0.3) is 5.91 Å². The topological polar surface area (TPSA) is 101 Å². The minimum Gasteiger partial charge on any atom is -0.481 e. The highest BCUT2D eigenvalue weighted by Crippen LogP contribution is 2.29. The molecular weight excluding hydrogens is 410 g/mol. The highest BCUT2D eigenvalue weighted by atomic mass is 16.5. The molecule has 176 valence electrons. The zero-order valence-corrected chi connectivity index (χ0v) is 18.8. The van der Waals surface area contributed by atoms with Crippen LogP contribution in [0.1, 0.15) is 74.6 Å². The molecule has 2 saturated heterocycles. The number of carboxylic acid groups (broad SMARTS) is 1. The molecule has 1 atom stereocenters. The van der Waals surface area contributed by atoms with Crippen molar-refractivity contribution in [1.82, 2.24) is 10.3 Å². The quantitative estimate of drug-likeness (QED) is 0.663. The predicted molar refractivity (Wildman–Crippen MR) is 120 cm³/mol. The maximum atomic E-state index is 13.1. The summed E-state index contributed by atoms with van der Waals surface area (Å²) in [6, 6.07) is 3.90. The van der Waals surface area contributed by atoms with Gasteiger partial charge in [0.2, 0.25) is 5.88 Å². The SMILES string of the molecule is O=C(O)C[C@@H]1CCCN(c2ccc(C(=O)NC3CCCCC3)c(OC3CCOCC3)n2)C1. The fraction of sp³-hybridized carbons (Fsp3) is 0.708. The van der Waals surface area contributed by atoms with Gasteiger partial charge in [0.15, 0.2) is 0 Å². The molecule has 0 radical (unpaired) electrons. The molecule has 1 aromatic rings. The molecule has 2 N–H and O–H groups in total. The first-order chi connectivity index (χ1) is 15.6. The lowest BCUT2D eigenvalue weighted by Crippen LogP contribution is -2.38. The first kappa shape index (κ1) is 22.8. The van der Waals surface area contributed by atoms with Gasteiger partial charge in [0.1, 0.15) is 17.5 Å². The first-order valence-corrected chi connectivity index (χ1v) is 12.1. The van der Waals surface area contributed by atoms with Crippen LogP contribution in [0.15, 0.2) is 12.1 Å². The van der Waals surface area contributed by atoms with Gasteiger partial charge in [0.05, 0.1) is 13.2 Å². The van der Waals surface area contributed by atoms with Crippen LogP contribution in [-0.4, -0.2) is 60.4 Å². The lowest BCUT2D eigenvalue weighted by molar-refractivity contribution is -0.138. The zero-order valence-electron chi connectivity index (χ0n) is 18.8. The number of pyridine rings is 1. The summed E-state index contributed by atoms with van der Waals surface area (Å²) in [7, 11) is 0. The van der Waals surface area contributed by atoms with Crippen LogP contribution in [-0.2, 0) is 9.53 Å². The molecule has 2 aliphatic heterocycles. The number of nitrogens with zero attached hydrogens (tertiary/aromatic N) is 2. The Morgan fingerprint density at radius 2 is 1.88 bits per heavy atom. The zero-order chi connectivity index (χ0) is 22.3. The van der Waals surface area contributed by atoms with Crippen LogP contribution in [0, 0.1) is 5.92 Å². The van der Waals surface area contributed by atoms with Crippen molar-refractivity contribution in [3.63, 3.8) is 0 Å². The molecular formula is C24H35N3O5. The third-order valence-electron chi connectivity index (χ3n) is 6.78. The summed E-state index contributed by atoms with van der Waals surface area (Å²) in [5.41, 5.74) is 0.477. The van der Waals surface area contributed by atoms with E-state index in [1.165, 1.54) is 6.42 Å². The van der Waals surface area contributed by atoms with Crippen molar-refractivity contribution in [2.24, 2.45) is 5.92 Å². The molecule has 0 aromatic carbocycles. The number of hydrogen-bond donors (Lipinski definition) is 2. The van der Waals surface area contributed by atoms with E-state index in [2.05, 4.69) is 10.2 Å². The van der Waals surface area contributed by atoms with Crippen LogP contribution < -0.4 is 15.0 Å². The van der Waals surface area contributed by atoms with Gasteiger partial charge in [-0.15, -0.1) is 0 Å². The summed E-state index contributed by atoms with van der Waals surface area (Å²) in [5.74, 6) is 0.347. The molecule has 32 heavy (non-hydrogen) atoms. The normalized spacial score (nSPS) is 23.0. The smallest absolute Gasteiger partial charge is 0.303 e. The molecule has 1 aromatic heterocycles. The molecule has 8 nitrogen and oxygen atoms in total. The van der Waals surface area contributed by atoms with E-state index < -0.39 is 5.97 Å². The van der Waals surface area contributed by atoms with E-state index in [9.17, 15) is 14.7 Å². The number of carbonyl (C=O) groups is 2. The summed E-state index contributed by atoms with van der Waals surface area (Å²) in [5, 5.41) is 12.4. The van der Waals surface area contributed by atoms with E-state index >= 15 is 0 Å². The van der Waals surface area contributed by atoms with Crippen LogP contribution in [0.2, 0.25) is 0 Å². The molecule has 8 heteroatoms. The monoisotopic (exact) mass is 445 g/mol. The highest BCUT2D eigenvalue weighted by Gasteiger charge is 2.27. The Morgan fingerprint density at radius 3 is 2.62 bits per heavy atom. The summed E-state index contributed by atoms with van der Waals surface area (Å²) in [6.07, 6.45) is 9.13. The lowest BCUT2D eigenvalue weighted by Gasteiger charge is -2.33. The fourth-order valence-electron chi connectivity index (χ4n) is 5.02. The number of aromatic nitrogens is 1. The molecule has 1 amide bonds. The number of carbonyl (C=O) groups excluding carboxylic acids is 1. The first-order valence-electron chi connectivity index (χ1n) is 12.1. The minimum atomic E-state index is -0.761. The molecule has 0 spiro atoms. The average Bonchev–Trinajstić information content (AvgIpc) is 2.80. The standard InChI is InChI=1S/C24H35N3O5/c28-22(29)15-17-5-4-12-27(16-17)21-9-8-20(23(30)25-18-6-2-1-3-7-18)24(26-21)32-19-10-13-31-14-11-19/h8-9,17-19H,1-7,10-16H2,(H,25,30)(H,28,29)/t17-/m0/s1. The van der Waals surface area contributed by atoms with Crippen molar-refractivity contribution in [3.05, 3.63) is 17.7 Å². The number of amides is 1. The van der Waals surface area contributed by atoms with E-state index in [1.807, 2.05) is 12.1 Å². The largest absolute Gasteiger partial charge is 0.481 e. The molecule has 0 bridgehead atoms. The molecule has 1 saturated carbocycles. The van der Waals surface area contributed by atoms with Gasteiger partial charge in [0, 0.05) is 38.4 Å². The third-order valence-corrected chi connectivity index (χ3v) is 6.78. The van der Waals surface area contributed by atoms with E-state index in [4.69, 9.17) is 14.5 Å². The van der Waals surface area contributed by atoms with Crippen molar-refractivity contribution in [3.8, 4) is 5.88 Å². The van der Waals surface area contributed by atoms with Gasteiger partial charge in [-0.25, -0.2) is 0 Å². The van der Waals surface area contributed by atoms with E-state index in [1.54, 1.807) is 0 Å². The Kier molecular flexibility index (Phi) is 7.84. The number of anilines is 1. The number of piperidine rings is 1. The van der Waals surface area contributed by atoms with Crippen LogP contribution in [0.5, 0.6) is 5.88 Å². The summed E-state index contributed by atoms with van der Waals surface area (Å²) < 4.78 is 11.7.